The highest BCUT2D eigenvalue weighted by Crippen LogP contribution is 2.38. The van der Waals surface area contributed by atoms with Gasteiger partial charge in [-0.1, -0.05) is 54.6 Å². The summed E-state index contributed by atoms with van der Waals surface area (Å²) in [7, 11) is 6.37. The van der Waals surface area contributed by atoms with E-state index in [4.69, 9.17) is 18.9 Å². The molecule has 3 aromatic carbocycles. The molecule has 0 amide bonds. The normalized spacial score (nSPS) is 11.0. The van der Waals surface area contributed by atoms with Crippen LogP contribution in [-0.4, -0.2) is 34.2 Å². The predicted octanol–water partition coefficient (Wildman–Crippen LogP) is 5.87. The second-order valence-electron chi connectivity index (χ2n) is 7.24. The lowest BCUT2D eigenvalue weighted by atomic mass is 10.1. The second kappa shape index (κ2) is 11.6. The van der Waals surface area contributed by atoms with Crippen molar-refractivity contribution in [1.29, 1.82) is 0 Å². The first-order valence-corrected chi connectivity index (χ1v) is 10.5. The molecular weight excluding hydrogens is 416 g/mol. The Hall–Kier alpha value is -3.99. The third-order valence-electron chi connectivity index (χ3n) is 5.11. The molecule has 0 aliphatic carbocycles. The van der Waals surface area contributed by atoms with Gasteiger partial charge in [0.2, 0.25) is 5.75 Å². The lowest BCUT2D eigenvalue weighted by Gasteiger charge is -2.12. The van der Waals surface area contributed by atoms with Crippen LogP contribution in [0.25, 0.3) is 12.2 Å². The molecule has 0 aliphatic heterocycles. The van der Waals surface area contributed by atoms with Crippen LogP contribution in [0.1, 0.15) is 27.0 Å². The van der Waals surface area contributed by atoms with Crippen LogP contribution in [0.2, 0.25) is 0 Å². The fourth-order valence-electron chi connectivity index (χ4n) is 3.33. The molecule has 0 radical (unpaired) electrons. The van der Waals surface area contributed by atoms with Gasteiger partial charge in [-0.05, 0) is 53.5 Å². The van der Waals surface area contributed by atoms with E-state index < -0.39 is 0 Å². The van der Waals surface area contributed by atoms with Gasteiger partial charge in [0.05, 0.1) is 28.4 Å². The fraction of sp³-hybridized carbons (Fsp3) is 0.179. The van der Waals surface area contributed by atoms with E-state index in [0.717, 1.165) is 16.7 Å². The van der Waals surface area contributed by atoms with Crippen LogP contribution in [0.15, 0.2) is 72.8 Å². The number of allylic oxidation sites excluding steroid dienone is 2. The first-order valence-electron chi connectivity index (χ1n) is 10.5. The smallest absolute Gasteiger partial charge is 0.203 e. The summed E-state index contributed by atoms with van der Waals surface area (Å²) >= 11 is 0. The number of methoxy groups -OCH3 is 4. The molecule has 0 saturated carbocycles. The predicted molar refractivity (Wildman–Crippen MR) is 132 cm³/mol. The molecule has 0 atom stereocenters. The zero-order valence-corrected chi connectivity index (χ0v) is 19.3. The molecule has 0 heterocycles. The van der Waals surface area contributed by atoms with Crippen LogP contribution in [-0.2, 0) is 6.42 Å². The first-order chi connectivity index (χ1) is 16.1. The number of hydrogen-bond donors (Lipinski definition) is 0. The molecule has 0 aliphatic rings. The Bertz CT molecular complexity index is 1120. The Labute approximate surface area is 194 Å². The van der Waals surface area contributed by atoms with Gasteiger partial charge in [-0.25, -0.2) is 0 Å². The monoisotopic (exact) mass is 444 g/mol. The van der Waals surface area contributed by atoms with Gasteiger partial charge in [0.15, 0.2) is 17.3 Å². The number of carbonyl (C=O) groups is 1. The lowest BCUT2D eigenvalue weighted by Crippen LogP contribution is -1.95. The summed E-state index contributed by atoms with van der Waals surface area (Å²) in [5.41, 5.74) is 3.73. The van der Waals surface area contributed by atoms with E-state index in [2.05, 4.69) is 12.1 Å². The van der Waals surface area contributed by atoms with E-state index in [-0.39, 0.29) is 5.78 Å². The number of ether oxygens (including phenoxy) is 4. The van der Waals surface area contributed by atoms with Gasteiger partial charge in [-0.2, -0.15) is 0 Å². The molecule has 3 rings (SSSR count). The van der Waals surface area contributed by atoms with Crippen LogP contribution >= 0.6 is 0 Å². The molecule has 3 aromatic rings. The maximum atomic E-state index is 12.3. The summed E-state index contributed by atoms with van der Waals surface area (Å²) in [4.78, 5) is 12.3. The molecule has 0 N–H and O–H groups in total. The number of hydrogen-bond acceptors (Lipinski definition) is 5. The van der Waals surface area contributed by atoms with E-state index >= 15 is 0 Å². The summed E-state index contributed by atoms with van der Waals surface area (Å²) in [6.45, 7) is 0. The minimum Gasteiger partial charge on any atom is -0.497 e. The molecule has 5 nitrogen and oxygen atoms in total. The van der Waals surface area contributed by atoms with E-state index in [1.165, 1.54) is 0 Å². The van der Waals surface area contributed by atoms with Crippen LogP contribution in [0.5, 0.6) is 23.0 Å². The minimum atomic E-state index is -0.0428. The Morgan fingerprint density at radius 1 is 0.758 bits per heavy atom. The summed E-state index contributed by atoms with van der Waals surface area (Å²) in [6, 6.07) is 19.1. The molecule has 5 heteroatoms. The van der Waals surface area contributed by atoms with E-state index in [1.807, 2.05) is 54.6 Å². The van der Waals surface area contributed by atoms with Crippen molar-refractivity contribution in [2.24, 2.45) is 0 Å². The van der Waals surface area contributed by atoms with Gasteiger partial charge in [-0.15, -0.1) is 0 Å². The van der Waals surface area contributed by atoms with E-state index in [1.54, 1.807) is 46.6 Å². The van der Waals surface area contributed by atoms with E-state index in [0.29, 0.717) is 35.0 Å². The molecule has 0 unspecified atom stereocenters. The third kappa shape index (κ3) is 6.26. The highest BCUT2D eigenvalue weighted by Gasteiger charge is 2.12. The van der Waals surface area contributed by atoms with Gasteiger partial charge >= 0.3 is 0 Å². The van der Waals surface area contributed by atoms with Crippen molar-refractivity contribution in [2.75, 3.05) is 28.4 Å². The zero-order chi connectivity index (χ0) is 23.6. The number of rotatable bonds is 10. The molecule has 33 heavy (non-hydrogen) atoms. The van der Waals surface area contributed by atoms with Crippen molar-refractivity contribution in [3.63, 3.8) is 0 Å². The van der Waals surface area contributed by atoms with Crippen LogP contribution in [0, 0.1) is 0 Å². The zero-order valence-electron chi connectivity index (χ0n) is 19.3. The van der Waals surface area contributed by atoms with Crippen LogP contribution < -0.4 is 18.9 Å². The van der Waals surface area contributed by atoms with Crippen molar-refractivity contribution < 1.29 is 23.7 Å². The maximum absolute atomic E-state index is 12.3. The fourth-order valence-corrected chi connectivity index (χ4v) is 3.33. The Balaban J connectivity index is 1.64. The summed E-state index contributed by atoms with van der Waals surface area (Å²) in [6.07, 6.45) is 8.17. The van der Waals surface area contributed by atoms with Crippen LogP contribution in [0.3, 0.4) is 0 Å². The molecular formula is C28H28O5. The average Bonchev–Trinajstić information content (AvgIpc) is 2.87. The average molecular weight is 445 g/mol. The van der Waals surface area contributed by atoms with E-state index in [9.17, 15) is 4.79 Å². The minimum absolute atomic E-state index is 0.0428. The lowest BCUT2D eigenvalue weighted by molar-refractivity contribution is 0.104. The molecule has 0 bridgehead atoms. The number of ketones is 1. The summed E-state index contributed by atoms with van der Waals surface area (Å²) in [5, 5.41) is 0. The highest BCUT2D eigenvalue weighted by atomic mass is 16.5. The standard InChI is InChI=1S/C28H28O5/c1-30-24-9-6-8-23(19-24)25(29)10-5-7-20-11-13-21(14-12-20)15-16-22-17-26(31-2)28(33-4)27(18-22)32-3/h5-6,8-19H,7H2,1-4H3/b10-5-,16-15-. The van der Waals surface area contributed by atoms with Crippen molar-refractivity contribution in [1.82, 2.24) is 0 Å². The highest BCUT2D eigenvalue weighted by molar-refractivity contribution is 6.04. The van der Waals surface area contributed by atoms with Gasteiger partial charge in [-0.3, -0.25) is 4.79 Å². The molecule has 0 spiro atoms. The quantitative estimate of drug-likeness (QED) is 0.222. The van der Waals surface area contributed by atoms with Crippen molar-refractivity contribution in [3.8, 4) is 23.0 Å². The van der Waals surface area contributed by atoms with Crippen molar-refractivity contribution >= 4 is 17.9 Å². The SMILES string of the molecule is COc1cccc(C(=O)/C=C\Cc2ccc(/C=C\c3cc(OC)c(OC)c(OC)c3)cc2)c1. The molecule has 0 saturated heterocycles. The summed E-state index contributed by atoms with van der Waals surface area (Å²) < 4.78 is 21.3. The van der Waals surface area contributed by atoms with Gasteiger partial charge in [0.1, 0.15) is 5.75 Å². The third-order valence-corrected chi connectivity index (χ3v) is 5.11. The summed E-state index contributed by atoms with van der Waals surface area (Å²) in [5.74, 6) is 2.42. The molecule has 170 valence electrons. The van der Waals surface area contributed by atoms with Crippen LogP contribution in [0.4, 0.5) is 0 Å². The van der Waals surface area contributed by atoms with Gasteiger partial charge in [0, 0.05) is 5.56 Å². The Kier molecular flexibility index (Phi) is 8.30. The Morgan fingerprint density at radius 2 is 1.42 bits per heavy atom. The maximum Gasteiger partial charge on any atom is 0.203 e. The second-order valence-corrected chi connectivity index (χ2v) is 7.24. The van der Waals surface area contributed by atoms with Crippen molar-refractivity contribution in [3.05, 3.63) is 95.1 Å². The molecule has 0 fully saturated rings. The Morgan fingerprint density at radius 3 is 2.03 bits per heavy atom. The number of benzene rings is 3. The largest absolute Gasteiger partial charge is 0.497 e. The number of carbonyl (C=O) groups excluding carboxylic acids is 1. The van der Waals surface area contributed by atoms with Gasteiger partial charge < -0.3 is 18.9 Å². The van der Waals surface area contributed by atoms with Crippen molar-refractivity contribution in [2.45, 2.75) is 6.42 Å². The topological polar surface area (TPSA) is 54.0 Å². The first kappa shape index (κ1) is 23.7. The molecule has 0 aromatic heterocycles. The van der Waals surface area contributed by atoms with Gasteiger partial charge in [0.25, 0.3) is 0 Å².